The van der Waals surface area contributed by atoms with Gasteiger partial charge in [0.25, 0.3) is 5.56 Å². The van der Waals surface area contributed by atoms with Gasteiger partial charge in [0, 0.05) is 30.6 Å². The molecule has 1 amide bonds. The van der Waals surface area contributed by atoms with Gasteiger partial charge in [-0.3, -0.25) is 14.6 Å². The van der Waals surface area contributed by atoms with Gasteiger partial charge in [-0.2, -0.15) is 0 Å². The Bertz CT molecular complexity index is 1390. The van der Waals surface area contributed by atoms with Crippen molar-refractivity contribution in [2.45, 2.75) is 33.2 Å². The molecule has 5 rings (SSSR count). The minimum atomic E-state index is -0.141. The van der Waals surface area contributed by atoms with Crippen molar-refractivity contribution in [2.75, 3.05) is 18.0 Å². The minimum Gasteiger partial charge on any atom is -0.352 e. The van der Waals surface area contributed by atoms with Gasteiger partial charge < -0.3 is 10.2 Å². The van der Waals surface area contributed by atoms with Crippen LogP contribution in [0.2, 0.25) is 0 Å². The average Bonchev–Trinajstić information content (AvgIpc) is 3.28. The molecule has 1 saturated heterocycles. The lowest BCUT2D eigenvalue weighted by Crippen LogP contribution is -2.44. The zero-order chi connectivity index (χ0) is 23.7. The maximum Gasteiger partial charge on any atom is 0.270 e. The number of nitrogens with one attached hydrogen (secondary N) is 2. The van der Waals surface area contributed by atoms with Gasteiger partial charge in [0.2, 0.25) is 11.9 Å². The Morgan fingerprint density at radius 2 is 1.97 bits per heavy atom. The van der Waals surface area contributed by atoms with Gasteiger partial charge >= 0.3 is 0 Å². The molecule has 1 aliphatic heterocycles. The Morgan fingerprint density at radius 3 is 2.76 bits per heavy atom. The Labute approximate surface area is 202 Å². The summed E-state index contributed by atoms with van der Waals surface area (Å²) in [4.78, 5) is 35.7. The normalized spacial score (nSPS) is 16.1. The summed E-state index contributed by atoms with van der Waals surface area (Å²) >= 11 is 1.42. The summed E-state index contributed by atoms with van der Waals surface area (Å²) in [7, 11) is 0. The third-order valence-corrected chi connectivity index (χ3v) is 7.55. The molecule has 3 heterocycles. The number of aromatic amines is 1. The number of fused-ring (bicyclic) bond motifs is 1. The van der Waals surface area contributed by atoms with Gasteiger partial charge in [0.15, 0.2) is 0 Å². The molecule has 2 N–H and O–H groups in total. The zero-order valence-corrected chi connectivity index (χ0v) is 20.2. The first kappa shape index (κ1) is 22.3. The van der Waals surface area contributed by atoms with Crippen molar-refractivity contribution in [3.05, 3.63) is 81.0 Å². The molecule has 0 bridgehead atoms. The van der Waals surface area contributed by atoms with Crippen molar-refractivity contribution < 1.29 is 4.79 Å². The minimum absolute atomic E-state index is 0.0484. The van der Waals surface area contributed by atoms with Crippen molar-refractivity contribution in [1.82, 2.24) is 15.3 Å². The number of rotatable bonds is 5. The highest BCUT2D eigenvalue weighted by atomic mass is 32.1. The smallest absolute Gasteiger partial charge is 0.270 e. The number of aryl methyl sites for hydroxylation is 2. The summed E-state index contributed by atoms with van der Waals surface area (Å²) in [6.45, 7) is 5.94. The van der Waals surface area contributed by atoms with Gasteiger partial charge in [0.1, 0.15) is 4.70 Å². The van der Waals surface area contributed by atoms with E-state index in [1.165, 1.54) is 22.5 Å². The fraction of sp³-hybridized carbons (Fsp3) is 0.296. The van der Waals surface area contributed by atoms with Crippen LogP contribution < -0.4 is 15.8 Å². The summed E-state index contributed by atoms with van der Waals surface area (Å²) < 4.78 is 0.629. The molecule has 174 valence electrons. The predicted octanol–water partition coefficient (Wildman–Crippen LogP) is 4.80. The van der Waals surface area contributed by atoms with E-state index in [0.29, 0.717) is 23.7 Å². The average molecular weight is 473 g/mol. The SMILES string of the molecule is Cc1ccc(-c2csc3c(=O)[nH]c(N4CCC[C@@H](C(=O)NCc5ccccc5C)C4)nc23)cc1. The number of thiophene rings is 1. The first-order valence-electron chi connectivity index (χ1n) is 11.7. The molecule has 2 aromatic heterocycles. The van der Waals surface area contributed by atoms with Crippen LogP contribution in [-0.2, 0) is 11.3 Å². The van der Waals surface area contributed by atoms with E-state index >= 15 is 0 Å². The van der Waals surface area contributed by atoms with Gasteiger partial charge in [-0.15, -0.1) is 11.3 Å². The summed E-state index contributed by atoms with van der Waals surface area (Å²) in [5, 5.41) is 5.10. The Morgan fingerprint density at radius 1 is 1.18 bits per heavy atom. The quantitative estimate of drug-likeness (QED) is 0.437. The van der Waals surface area contributed by atoms with E-state index in [-0.39, 0.29) is 17.4 Å². The molecular weight excluding hydrogens is 444 g/mol. The monoisotopic (exact) mass is 472 g/mol. The number of amides is 1. The molecule has 34 heavy (non-hydrogen) atoms. The highest BCUT2D eigenvalue weighted by molar-refractivity contribution is 7.17. The number of H-pyrrole nitrogens is 1. The lowest BCUT2D eigenvalue weighted by Gasteiger charge is -2.32. The highest BCUT2D eigenvalue weighted by Crippen LogP contribution is 2.32. The number of piperidine rings is 1. The van der Waals surface area contributed by atoms with E-state index in [1.54, 1.807) is 0 Å². The molecule has 1 aliphatic rings. The zero-order valence-electron chi connectivity index (χ0n) is 19.4. The Balaban J connectivity index is 1.36. The number of hydrogen-bond acceptors (Lipinski definition) is 5. The van der Waals surface area contributed by atoms with E-state index in [4.69, 9.17) is 4.98 Å². The highest BCUT2D eigenvalue weighted by Gasteiger charge is 2.27. The van der Waals surface area contributed by atoms with E-state index in [2.05, 4.69) is 54.5 Å². The largest absolute Gasteiger partial charge is 0.352 e. The molecule has 0 unspecified atom stereocenters. The second-order valence-electron chi connectivity index (χ2n) is 9.01. The molecule has 4 aromatic rings. The summed E-state index contributed by atoms with van der Waals surface area (Å²) in [5.74, 6) is 0.450. The van der Waals surface area contributed by atoms with Crippen LogP contribution in [0, 0.1) is 19.8 Å². The van der Waals surface area contributed by atoms with Crippen molar-refractivity contribution in [2.24, 2.45) is 5.92 Å². The molecule has 0 aliphatic carbocycles. The Kier molecular flexibility index (Phi) is 6.20. The fourth-order valence-electron chi connectivity index (χ4n) is 4.52. The maximum absolute atomic E-state index is 12.9. The van der Waals surface area contributed by atoms with Crippen LogP contribution in [0.25, 0.3) is 21.3 Å². The van der Waals surface area contributed by atoms with E-state index in [0.717, 1.165) is 41.6 Å². The molecule has 0 spiro atoms. The van der Waals surface area contributed by atoms with Crippen molar-refractivity contribution >= 4 is 33.4 Å². The third-order valence-electron chi connectivity index (χ3n) is 6.58. The molecule has 1 atom stereocenters. The van der Waals surface area contributed by atoms with Crippen molar-refractivity contribution in [1.29, 1.82) is 0 Å². The summed E-state index contributed by atoms with van der Waals surface area (Å²) in [6.07, 6.45) is 1.70. The van der Waals surface area contributed by atoms with E-state index in [1.807, 2.05) is 28.5 Å². The van der Waals surface area contributed by atoms with Crippen LogP contribution in [0.15, 0.2) is 58.7 Å². The lowest BCUT2D eigenvalue weighted by atomic mass is 9.97. The standard InChI is InChI=1S/C27H28N4O2S/c1-17-9-11-19(12-10-17)22-16-34-24-23(22)29-27(30-26(24)33)31-13-5-8-21(15-31)25(32)28-14-20-7-4-3-6-18(20)2/h3-4,6-7,9-12,16,21H,5,8,13-15H2,1-2H3,(H,28,32)(H,29,30,33)/t21-/m1/s1. The summed E-state index contributed by atoms with van der Waals surface area (Å²) in [5.41, 5.74) is 6.09. The molecule has 1 fully saturated rings. The van der Waals surface area contributed by atoms with Crippen LogP contribution in [-0.4, -0.2) is 29.0 Å². The number of carbonyl (C=O) groups is 1. The second kappa shape index (κ2) is 9.43. The van der Waals surface area contributed by atoms with Crippen LogP contribution >= 0.6 is 11.3 Å². The number of carbonyl (C=O) groups excluding carboxylic acids is 1. The Hall–Kier alpha value is -3.45. The molecule has 7 heteroatoms. The number of hydrogen-bond donors (Lipinski definition) is 2. The van der Waals surface area contributed by atoms with Gasteiger partial charge in [0.05, 0.1) is 11.4 Å². The van der Waals surface area contributed by atoms with Crippen LogP contribution in [0.3, 0.4) is 0 Å². The number of anilines is 1. The molecular formula is C27H28N4O2S. The fourth-order valence-corrected chi connectivity index (χ4v) is 5.43. The first-order valence-corrected chi connectivity index (χ1v) is 12.5. The molecule has 0 radical (unpaired) electrons. The first-order chi connectivity index (χ1) is 16.5. The topological polar surface area (TPSA) is 78.1 Å². The van der Waals surface area contributed by atoms with Gasteiger partial charge in [-0.1, -0.05) is 54.1 Å². The van der Waals surface area contributed by atoms with E-state index in [9.17, 15) is 9.59 Å². The van der Waals surface area contributed by atoms with Crippen molar-refractivity contribution in [3.63, 3.8) is 0 Å². The van der Waals surface area contributed by atoms with Crippen LogP contribution in [0.4, 0.5) is 5.95 Å². The van der Waals surface area contributed by atoms with Gasteiger partial charge in [-0.25, -0.2) is 4.98 Å². The van der Waals surface area contributed by atoms with Crippen molar-refractivity contribution in [3.8, 4) is 11.1 Å². The number of nitrogens with zero attached hydrogens (tertiary/aromatic N) is 2. The van der Waals surface area contributed by atoms with Gasteiger partial charge in [-0.05, 0) is 43.4 Å². The number of benzene rings is 2. The summed E-state index contributed by atoms with van der Waals surface area (Å²) in [6, 6.07) is 16.3. The predicted molar refractivity (Wildman–Crippen MR) is 138 cm³/mol. The van der Waals surface area contributed by atoms with Crippen LogP contribution in [0.1, 0.15) is 29.5 Å². The molecule has 2 aromatic carbocycles. The third kappa shape index (κ3) is 4.48. The molecule has 6 nitrogen and oxygen atoms in total. The van der Waals surface area contributed by atoms with Crippen LogP contribution in [0.5, 0.6) is 0 Å². The maximum atomic E-state index is 12.9. The lowest BCUT2D eigenvalue weighted by molar-refractivity contribution is -0.125. The van der Waals surface area contributed by atoms with E-state index < -0.39 is 0 Å². The molecule has 0 saturated carbocycles. The second-order valence-corrected chi connectivity index (χ2v) is 9.89. The number of aromatic nitrogens is 2.